The van der Waals surface area contributed by atoms with Crippen LogP contribution in [0.1, 0.15) is 27.6 Å². The third-order valence-corrected chi connectivity index (χ3v) is 1.99. The molecule has 96 valence electrons. The summed E-state index contributed by atoms with van der Waals surface area (Å²) in [5.41, 5.74) is 0.328. The zero-order chi connectivity index (χ0) is 13.5. The summed E-state index contributed by atoms with van der Waals surface area (Å²) in [6.45, 7) is 1.21. The van der Waals surface area contributed by atoms with Crippen LogP contribution in [0.3, 0.4) is 0 Å². The predicted molar refractivity (Wildman–Crippen MR) is 60.3 cm³/mol. The summed E-state index contributed by atoms with van der Waals surface area (Å²) in [4.78, 5) is 32.5. The quantitative estimate of drug-likeness (QED) is 0.623. The van der Waals surface area contributed by atoms with Crippen molar-refractivity contribution in [1.82, 2.24) is 0 Å². The fraction of sp³-hybridized carbons (Fsp3) is 0.250. The standard InChI is InChI=1S/C12H12O6/c1-8(13)17-6-7-18-12(16)10-4-2-9(3-5-10)11(14)15/h2-5H,6-7H2,1H3,(H,14,15). The minimum Gasteiger partial charge on any atom is -0.478 e. The van der Waals surface area contributed by atoms with Crippen LogP contribution >= 0.6 is 0 Å². The Morgan fingerprint density at radius 2 is 1.50 bits per heavy atom. The van der Waals surface area contributed by atoms with Crippen molar-refractivity contribution < 1.29 is 29.0 Å². The number of carboxylic acid groups (broad SMARTS) is 1. The molecule has 0 aromatic heterocycles. The SMILES string of the molecule is CC(=O)OCCOC(=O)c1ccc(C(=O)O)cc1. The average Bonchev–Trinajstić information content (AvgIpc) is 2.34. The van der Waals surface area contributed by atoms with E-state index in [1.807, 2.05) is 0 Å². The van der Waals surface area contributed by atoms with Crippen molar-refractivity contribution in [1.29, 1.82) is 0 Å². The van der Waals surface area contributed by atoms with Crippen molar-refractivity contribution in [3.63, 3.8) is 0 Å². The molecule has 0 fully saturated rings. The maximum absolute atomic E-state index is 11.5. The molecule has 0 spiro atoms. The van der Waals surface area contributed by atoms with Crippen LogP contribution in [-0.4, -0.2) is 36.2 Å². The van der Waals surface area contributed by atoms with Gasteiger partial charge in [-0.05, 0) is 24.3 Å². The van der Waals surface area contributed by atoms with Gasteiger partial charge >= 0.3 is 17.9 Å². The molecule has 0 heterocycles. The Morgan fingerprint density at radius 1 is 1.00 bits per heavy atom. The topological polar surface area (TPSA) is 89.9 Å². The van der Waals surface area contributed by atoms with E-state index < -0.39 is 17.9 Å². The second kappa shape index (κ2) is 6.39. The van der Waals surface area contributed by atoms with Gasteiger partial charge in [0.1, 0.15) is 13.2 Å². The van der Waals surface area contributed by atoms with Crippen molar-refractivity contribution >= 4 is 17.9 Å². The normalized spacial score (nSPS) is 9.61. The van der Waals surface area contributed by atoms with Crippen LogP contribution in [0.5, 0.6) is 0 Å². The third-order valence-electron chi connectivity index (χ3n) is 1.99. The zero-order valence-electron chi connectivity index (χ0n) is 9.71. The summed E-state index contributed by atoms with van der Waals surface area (Å²) in [5.74, 6) is -2.11. The second-order valence-electron chi connectivity index (χ2n) is 3.36. The van der Waals surface area contributed by atoms with Crippen molar-refractivity contribution in [2.45, 2.75) is 6.92 Å². The molecule has 1 aromatic rings. The Morgan fingerprint density at radius 3 is 2.00 bits per heavy atom. The summed E-state index contributed by atoms with van der Waals surface area (Å²) in [7, 11) is 0. The number of rotatable bonds is 5. The maximum atomic E-state index is 11.5. The highest BCUT2D eigenvalue weighted by Gasteiger charge is 2.09. The monoisotopic (exact) mass is 252 g/mol. The summed E-state index contributed by atoms with van der Waals surface area (Å²) in [5, 5.41) is 8.68. The van der Waals surface area contributed by atoms with Gasteiger partial charge in [0.05, 0.1) is 11.1 Å². The summed E-state index contributed by atoms with van der Waals surface area (Å²) >= 11 is 0. The van der Waals surface area contributed by atoms with Crippen LogP contribution in [0.15, 0.2) is 24.3 Å². The van der Waals surface area contributed by atoms with E-state index in [0.717, 1.165) is 0 Å². The zero-order valence-corrected chi connectivity index (χ0v) is 9.71. The smallest absolute Gasteiger partial charge is 0.338 e. The Kier molecular flexibility index (Phi) is 4.86. The van der Waals surface area contributed by atoms with Crippen LogP contribution in [0.4, 0.5) is 0 Å². The molecule has 0 aliphatic carbocycles. The van der Waals surface area contributed by atoms with Gasteiger partial charge in [0, 0.05) is 6.92 Å². The molecule has 0 saturated carbocycles. The highest BCUT2D eigenvalue weighted by atomic mass is 16.6. The minimum atomic E-state index is -1.07. The number of carbonyl (C=O) groups excluding carboxylic acids is 2. The van der Waals surface area contributed by atoms with Crippen LogP contribution in [0.25, 0.3) is 0 Å². The summed E-state index contributed by atoms with van der Waals surface area (Å²) in [6.07, 6.45) is 0. The molecule has 0 unspecified atom stereocenters. The molecule has 18 heavy (non-hydrogen) atoms. The van der Waals surface area contributed by atoms with Crippen molar-refractivity contribution in [2.24, 2.45) is 0 Å². The molecular weight excluding hydrogens is 240 g/mol. The number of ether oxygens (including phenoxy) is 2. The first kappa shape index (κ1) is 13.7. The lowest BCUT2D eigenvalue weighted by atomic mass is 10.1. The van der Waals surface area contributed by atoms with E-state index in [1.54, 1.807) is 0 Å². The van der Waals surface area contributed by atoms with E-state index in [9.17, 15) is 14.4 Å². The first-order valence-corrected chi connectivity index (χ1v) is 5.14. The molecule has 0 atom stereocenters. The van der Waals surface area contributed by atoms with Crippen molar-refractivity contribution in [3.05, 3.63) is 35.4 Å². The Bertz CT molecular complexity index is 448. The molecule has 0 bridgehead atoms. The number of benzene rings is 1. The fourth-order valence-electron chi connectivity index (χ4n) is 1.15. The van der Waals surface area contributed by atoms with Gasteiger partial charge in [0.25, 0.3) is 0 Å². The molecule has 6 nitrogen and oxygen atoms in total. The Labute approximate surface area is 103 Å². The Balaban J connectivity index is 2.46. The van der Waals surface area contributed by atoms with Gasteiger partial charge in [-0.3, -0.25) is 4.79 Å². The van der Waals surface area contributed by atoms with E-state index in [4.69, 9.17) is 9.84 Å². The highest BCUT2D eigenvalue weighted by Crippen LogP contribution is 2.06. The molecule has 6 heteroatoms. The van der Waals surface area contributed by atoms with Crippen LogP contribution in [0.2, 0.25) is 0 Å². The molecule has 1 aromatic carbocycles. The maximum Gasteiger partial charge on any atom is 0.338 e. The second-order valence-corrected chi connectivity index (χ2v) is 3.36. The molecule has 0 amide bonds. The van der Waals surface area contributed by atoms with Gasteiger partial charge in [0.15, 0.2) is 0 Å². The molecule has 1 N–H and O–H groups in total. The number of aromatic carboxylic acids is 1. The lowest BCUT2D eigenvalue weighted by Crippen LogP contribution is -2.12. The van der Waals surface area contributed by atoms with Crippen molar-refractivity contribution in [3.8, 4) is 0 Å². The number of carbonyl (C=O) groups is 3. The van der Waals surface area contributed by atoms with Gasteiger partial charge in [-0.15, -0.1) is 0 Å². The predicted octanol–water partition coefficient (Wildman–Crippen LogP) is 1.10. The van der Waals surface area contributed by atoms with E-state index >= 15 is 0 Å². The van der Waals surface area contributed by atoms with Gasteiger partial charge in [-0.25, -0.2) is 9.59 Å². The largest absolute Gasteiger partial charge is 0.478 e. The van der Waals surface area contributed by atoms with Crippen LogP contribution in [-0.2, 0) is 14.3 Å². The van der Waals surface area contributed by atoms with Crippen molar-refractivity contribution in [2.75, 3.05) is 13.2 Å². The van der Waals surface area contributed by atoms with Crippen LogP contribution < -0.4 is 0 Å². The van der Waals surface area contributed by atoms with Gasteiger partial charge in [0.2, 0.25) is 0 Å². The molecule has 0 aliphatic heterocycles. The number of hydrogen-bond acceptors (Lipinski definition) is 5. The average molecular weight is 252 g/mol. The van der Waals surface area contributed by atoms with Gasteiger partial charge in [-0.2, -0.15) is 0 Å². The molecule has 0 aliphatic rings. The highest BCUT2D eigenvalue weighted by molar-refractivity contribution is 5.92. The van der Waals surface area contributed by atoms with E-state index in [2.05, 4.69) is 4.74 Å². The fourth-order valence-corrected chi connectivity index (χ4v) is 1.15. The summed E-state index contributed by atoms with van der Waals surface area (Å²) < 4.78 is 9.40. The lowest BCUT2D eigenvalue weighted by molar-refractivity contribution is -0.142. The molecule has 1 rings (SSSR count). The Hall–Kier alpha value is -2.37. The molecule has 0 saturated heterocycles. The van der Waals surface area contributed by atoms with E-state index in [0.29, 0.717) is 0 Å². The minimum absolute atomic E-state index is 0.00567. The lowest BCUT2D eigenvalue weighted by Gasteiger charge is -2.05. The molecular formula is C12H12O6. The number of esters is 2. The first-order chi connectivity index (χ1) is 8.50. The third kappa shape index (κ3) is 4.25. The number of carboxylic acids is 1. The number of hydrogen-bond donors (Lipinski definition) is 1. The van der Waals surface area contributed by atoms with E-state index in [1.165, 1.54) is 31.2 Å². The first-order valence-electron chi connectivity index (χ1n) is 5.14. The van der Waals surface area contributed by atoms with E-state index in [-0.39, 0.29) is 24.3 Å². The van der Waals surface area contributed by atoms with Gasteiger partial charge < -0.3 is 14.6 Å². The molecule has 0 radical (unpaired) electrons. The van der Waals surface area contributed by atoms with Crippen LogP contribution in [0, 0.1) is 0 Å². The summed E-state index contributed by atoms with van der Waals surface area (Å²) in [6, 6.07) is 5.34. The van der Waals surface area contributed by atoms with Gasteiger partial charge in [-0.1, -0.05) is 0 Å².